The molecule has 0 radical (unpaired) electrons. The van der Waals surface area contributed by atoms with Gasteiger partial charge < -0.3 is 5.32 Å². The average molecular weight is 399 g/mol. The minimum absolute atomic E-state index is 0.307. The van der Waals surface area contributed by atoms with Gasteiger partial charge in [-0.2, -0.15) is 0 Å². The molecule has 0 saturated heterocycles. The average Bonchev–Trinajstić information content (AvgIpc) is 3.08. The smallest absolute Gasteiger partial charge is 0.257 e. The van der Waals surface area contributed by atoms with Crippen molar-refractivity contribution in [1.29, 1.82) is 0 Å². The van der Waals surface area contributed by atoms with Gasteiger partial charge in [-0.1, -0.05) is 53.5 Å². The molecule has 6 heteroatoms. The van der Waals surface area contributed by atoms with Crippen molar-refractivity contribution in [3.63, 3.8) is 0 Å². The molecule has 3 aromatic carbocycles. The van der Waals surface area contributed by atoms with Crippen molar-refractivity contribution in [2.45, 2.75) is 0 Å². The predicted octanol–water partition coefficient (Wildman–Crippen LogP) is 6.52. The van der Waals surface area contributed by atoms with E-state index in [0.717, 1.165) is 20.8 Å². The number of anilines is 1. The number of halogens is 2. The molecule has 1 N–H and O–H groups in total. The van der Waals surface area contributed by atoms with Crippen LogP contribution in [0.2, 0.25) is 10.0 Å². The van der Waals surface area contributed by atoms with E-state index < -0.39 is 0 Å². The molecule has 0 aliphatic heterocycles. The molecule has 0 saturated carbocycles. The zero-order valence-corrected chi connectivity index (χ0v) is 15.7. The first kappa shape index (κ1) is 17.0. The van der Waals surface area contributed by atoms with Gasteiger partial charge in [0.1, 0.15) is 5.01 Å². The number of carbonyl (C=O) groups is 1. The summed E-state index contributed by atoms with van der Waals surface area (Å²) in [4.78, 5) is 17.2. The summed E-state index contributed by atoms with van der Waals surface area (Å²) >= 11 is 14.0. The lowest BCUT2D eigenvalue weighted by atomic mass is 10.1. The van der Waals surface area contributed by atoms with Crippen LogP contribution in [0.5, 0.6) is 0 Å². The van der Waals surface area contributed by atoms with Gasteiger partial charge in [0.15, 0.2) is 0 Å². The molecule has 0 fully saturated rings. The van der Waals surface area contributed by atoms with Crippen LogP contribution in [0.3, 0.4) is 0 Å². The second kappa shape index (κ2) is 7.08. The van der Waals surface area contributed by atoms with E-state index in [1.165, 1.54) is 0 Å². The fourth-order valence-electron chi connectivity index (χ4n) is 2.58. The van der Waals surface area contributed by atoms with E-state index in [-0.39, 0.29) is 5.91 Å². The van der Waals surface area contributed by atoms with E-state index in [9.17, 15) is 4.79 Å². The third-order valence-electron chi connectivity index (χ3n) is 3.87. The summed E-state index contributed by atoms with van der Waals surface area (Å²) in [6, 6.07) is 20.3. The summed E-state index contributed by atoms with van der Waals surface area (Å²) in [5.41, 5.74) is 2.76. The minimum Gasteiger partial charge on any atom is -0.321 e. The number of rotatable bonds is 3. The fourth-order valence-corrected chi connectivity index (χ4v) is 3.93. The third kappa shape index (κ3) is 3.31. The van der Waals surface area contributed by atoms with E-state index in [4.69, 9.17) is 23.2 Å². The van der Waals surface area contributed by atoms with Crippen LogP contribution in [0, 0.1) is 0 Å². The molecule has 3 nitrogen and oxygen atoms in total. The highest BCUT2D eigenvalue weighted by molar-refractivity contribution is 7.21. The monoisotopic (exact) mass is 398 g/mol. The van der Waals surface area contributed by atoms with E-state index in [1.54, 1.807) is 41.7 Å². The lowest BCUT2D eigenvalue weighted by molar-refractivity contribution is 0.102. The van der Waals surface area contributed by atoms with Crippen molar-refractivity contribution in [2.24, 2.45) is 0 Å². The van der Waals surface area contributed by atoms with Crippen LogP contribution in [0.15, 0.2) is 66.7 Å². The summed E-state index contributed by atoms with van der Waals surface area (Å²) in [6.07, 6.45) is 0. The molecular formula is C20H12Cl2N2OS. The molecule has 1 heterocycles. The van der Waals surface area contributed by atoms with Gasteiger partial charge in [0.2, 0.25) is 0 Å². The van der Waals surface area contributed by atoms with Crippen molar-refractivity contribution >= 4 is 56.3 Å². The van der Waals surface area contributed by atoms with E-state index in [0.29, 0.717) is 21.3 Å². The quantitative estimate of drug-likeness (QED) is 0.426. The van der Waals surface area contributed by atoms with Crippen LogP contribution in [0.4, 0.5) is 5.69 Å². The van der Waals surface area contributed by atoms with E-state index in [1.807, 2.05) is 36.4 Å². The first-order chi connectivity index (χ1) is 12.6. The van der Waals surface area contributed by atoms with Gasteiger partial charge in [-0.15, -0.1) is 11.3 Å². The number of benzene rings is 3. The molecule has 1 amide bonds. The van der Waals surface area contributed by atoms with Crippen molar-refractivity contribution in [2.75, 3.05) is 5.32 Å². The molecular weight excluding hydrogens is 387 g/mol. The normalized spacial score (nSPS) is 10.8. The molecule has 0 bridgehead atoms. The molecule has 4 aromatic rings. The number of amides is 1. The van der Waals surface area contributed by atoms with Crippen LogP contribution in [0.1, 0.15) is 10.4 Å². The van der Waals surface area contributed by atoms with Crippen molar-refractivity contribution in [1.82, 2.24) is 4.98 Å². The Kier molecular flexibility index (Phi) is 4.64. The Morgan fingerprint density at radius 3 is 2.50 bits per heavy atom. The van der Waals surface area contributed by atoms with Gasteiger partial charge in [0, 0.05) is 5.56 Å². The van der Waals surface area contributed by atoms with Crippen molar-refractivity contribution in [3.05, 3.63) is 82.3 Å². The van der Waals surface area contributed by atoms with Crippen LogP contribution < -0.4 is 5.32 Å². The standard InChI is InChI=1S/C20H12Cl2N2OS/c21-14-6-2-1-5-13(14)19(25)23-17-11-12(9-10-15(17)22)20-24-16-7-3-4-8-18(16)26-20/h1-11H,(H,23,25). The number of para-hydroxylation sites is 1. The molecule has 26 heavy (non-hydrogen) atoms. The third-order valence-corrected chi connectivity index (χ3v) is 5.62. The SMILES string of the molecule is O=C(Nc1cc(-c2nc3ccccc3s2)ccc1Cl)c1ccccc1Cl. The minimum atomic E-state index is -0.307. The molecule has 0 aliphatic rings. The Morgan fingerprint density at radius 1 is 0.923 bits per heavy atom. The highest BCUT2D eigenvalue weighted by atomic mass is 35.5. The Hall–Kier alpha value is -2.40. The Labute approximate surface area is 164 Å². The first-order valence-corrected chi connectivity index (χ1v) is 9.40. The van der Waals surface area contributed by atoms with E-state index >= 15 is 0 Å². The number of carbonyl (C=O) groups excluding carboxylic acids is 1. The zero-order chi connectivity index (χ0) is 18.1. The molecule has 128 valence electrons. The number of hydrogen-bond donors (Lipinski definition) is 1. The van der Waals surface area contributed by atoms with Crippen LogP contribution in [-0.2, 0) is 0 Å². The maximum atomic E-state index is 12.5. The van der Waals surface area contributed by atoms with Gasteiger partial charge in [-0.05, 0) is 36.4 Å². The highest BCUT2D eigenvalue weighted by Gasteiger charge is 2.13. The summed E-state index contributed by atoms with van der Waals surface area (Å²) in [5, 5.41) is 4.55. The Balaban J connectivity index is 1.68. The second-order valence-corrected chi connectivity index (χ2v) is 7.46. The largest absolute Gasteiger partial charge is 0.321 e. The topological polar surface area (TPSA) is 42.0 Å². The molecule has 4 rings (SSSR count). The molecule has 0 atom stereocenters. The van der Waals surface area contributed by atoms with Gasteiger partial charge in [-0.25, -0.2) is 4.98 Å². The second-order valence-electron chi connectivity index (χ2n) is 5.62. The zero-order valence-electron chi connectivity index (χ0n) is 13.4. The number of thiazole rings is 1. The van der Waals surface area contributed by atoms with Gasteiger partial charge in [0.25, 0.3) is 5.91 Å². The number of aromatic nitrogens is 1. The molecule has 0 aliphatic carbocycles. The van der Waals surface area contributed by atoms with Crippen LogP contribution in [0.25, 0.3) is 20.8 Å². The number of hydrogen-bond acceptors (Lipinski definition) is 3. The number of nitrogens with one attached hydrogen (secondary N) is 1. The molecule has 1 aromatic heterocycles. The van der Waals surface area contributed by atoms with Crippen LogP contribution >= 0.6 is 34.5 Å². The van der Waals surface area contributed by atoms with Gasteiger partial charge in [-0.3, -0.25) is 4.79 Å². The summed E-state index contributed by atoms with van der Waals surface area (Å²) in [7, 11) is 0. The lowest BCUT2D eigenvalue weighted by Gasteiger charge is -2.09. The number of nitrogens with zero attached hydrogens (tertiary/aromatic N) is 1. The summed E-state index contributed by atoms with van der Waals surface area (Å²) < 4.78 is 1.11. The van der Waals surface area contributed by atoms with Crippen molar-refractivity contribution < 1.29 is 4.79 Å². The predicted molar refractivity (Wildman–Crippen MR) is 109 cm³/mol. The highest BCUT2D eigenvalue weighted by Crippen LogP contribution is 2.34. The molecule has 0 spiro atoms. The lowest BCUT2D eigenvalue weighted by Crippen LogP contribution is -2.12. The summed E-state index contributed by atoms with van der Waals surface area (Å²) in [5.74, 6) is -0.307. The Bertz CT molecular complexity index is 1090. The number of fused-ring (bicyclic) bond motifs is 1. The maximum Gasteiger partial charge on any atom is 0.257 e. The maximum absolute atomic E-state index is 12.5. The van der Waals surface area contributed by atoms with Crippen LogP contribution in [-0.4, -0.2) is 10.9 Å². The van der Waals surface area contributed by atoms with E-state index in [2.05, 4.69) is 10.3 Å². The fraction of sp³-hybridized carbons (Fsp3) is 0. The van der Waals surface area contributed by atoms with Crippen molar-refractivity contribution in [3.8, 4) is 10.6 Å². The van der Waals surface area contributed by atoms with Gasteiger partial charge in [0.05, 0.1) is 31.5 Å². The molecule has 0 unspecified atom stereocenters. The van der Waals surface area contributed by atoms with Gasteiger partial charge >= 0.3 is 0 Å². The Morgan fingerprint density at radius 2 is 1.69 bits per heavy atom. The summed E-state index contributed by atoms with van der Waals surface area (Å²) in [6.45, 7) is 0. The first-order valence-electron chi connectivity index (χ1n) is 7.83.